The van der Waals surface area contributed by atoms with Gasteiger partial charge in [-0.25, -0.2) is 0 Å². The van der Waals surface area contributed by atoms with Gasteiger partial charge in [-0.05, 0) is 0 Å². The lowest BCUT2D eigenvalue weighted by Crippen LogP contribution is -2.46. The number of aromatic nitrogens is 3. The summed E-state index contributed by atoms with van der Waals surface area (Å²) >= 11 is 0. The fourth-order valence-corrected chi connectivity index (χ4v) is 1.65. The molecule has 0 fully saturated rings. The zero-order valence-corrected chi connectivity index (χ0v) is 7.22. The Morgan fingerprint density at radius 1 is 1.29 bits per heavy atom. The Hall–Kier alpha value is -1.02. The van der Waals surface area contributed by atoms with Crippen LogP contribution in [0.5, 0.6) is 0 Å². The maximum Gasteiger partial charge on any atom is 0.164 e. The minimum atomic E-state index is -1.34. The molecule has 1 aliphatic heterocycles. The number of nitrogens with zero attached hydrogens (tertiary/aromatic N) is 3. The first-order chi connectivity index (χ1) is 6.66. The summed E-state index contributed by atoms with van der Waals surface area (Å²) in [7, 11) is 0. The fourth-order valence-electron chi connectivity index (χ4n) is 1.65. The predicted octanol–water partition coefficient (Wildman–Crippen LogP) is -2.42. The Morgan fingerprint density at radius 2 is 2.00 bits per heavy atom. The van der Waals surface area contributed by atoms with E-state index in [9.17, 15) is 15.3 Å². The molecule has 0 saturated carbocycles. The van der Waals surface area contributed by atoms with Crippen LogP contribution in [0.2, 0.25) is 0 Å². The number of hydrogen-bond donors (Lipinski definition) is 4. The van der Waals surface area contributed by atoms with Crippen molar-refractivity contribution in [3.05, 3.63) is 12.2 Å². The number of hydrogen-bond acceptors (Lipinski definition) is 6. The van der Waals surface area contributed by atoms with Crippen molar-refractivity contribution in [2.45, 2.75) is 24.4 Å². The van der Waals surface area contributed by atoms with Crippen LogP contribution in [0.3, 0.4) is 0 Å². The Kier molecular flexibility index (Phi) is 2.23. The summed E-state index contributed by atoms with van der Waals surface area (Å²) in [6.07, 6.45) is -2.54. The third-order valence-corrected chi connectivity index (χ3v) is 2.48. The van der Waals surface area contributed by atoms with Gasteiger partial charge in [-0.1, -0.05) is 0 Å². The van der Waals surface area contributed by atoms with Crippen molar-refractivity contribution in [3.8, 4) is 0 Å². The average Bonchev–Trinajstić information content (AvgIpc) is 2.64. The molecule has 78 valence electrons. The van der Waals surface area contributed by atoms with Crippen molar-refractivity contribution < 1.29 is 20.4 Å². The summed E-state index contributed by atoms with van der Waals surface area (Å²) in [5.41, 5.74) is 0. The highest BCUT2D eigenvalue weighted by Crippen LogP contribution is 2.30. The SMILES string of the molecule is OC[C@@H]1[C@@H](O)[C@H](O)[C@@H](O)c2nncn21. The molecule has 0 saturated heterocycles. The topological polar surface area (TPSA) is 112 Å². The van der Waals surface area contributed by atoms with Gasteiger partial charge >= 0.3 is 0 Å². The number of aliphatic hydroxyl groups excluding tert-OH is 4. The van der Waals surface area contributed by atoms with Gasteiger partial charge in [0.1, 0.15) is 24.6 Å². The standard InChI is InChI=1S/C7H11N3O4/c11-1-3-4(12)5(13)6(14)7-9-8-2-10(3)7/h2-6,11-14H,1H2/t3-,4-,5+,6-/m1/s1. The number of rotatable bonds is 1. The molecule has 2 heterocycles. The lowest BCUT2D eigenvalue weighted by atomic mass is 9.96. The minimum Gasteiger partial charge on any atom is -0.394 e. The van der Waals surface area contributed by atoms with Crippen LogP contribution in [0.4, 0.5) is 0 Å². The van der Waals surface area contributed by atoms with Gasteiger partial charge in [-0.15, -0.1) is 10.2 Å². The molecule has 0 spiro atoms. The van der Waals surface area contributed by atoms with Crippen molar-refractivity contribution in [2.24, 2.45) is 0 Å². The quantitative estimate of drug-likeness (QED) is 0.402. The summed E-state index contributed by atoms with van der Waals surface area (Å²) in [4.78, 5) is 0. The van der Waals surface area contributed by atoms with Gasteiger partial charge in [0.25, 0.3) is 0 Å². The lowest BCUT2D eigenvalue weighted by Gasteiger charge is -2.34. The lowest BCUT2D eigenvalue weighted by molar-refractivity contribution is -0.108. The second-order valence-corrected chi connectivity index (χ2v) is 3.27. The molecular weight excluding hydrogens is 190 g/mol. The van der Waals surface area contributed by atoms with E-state index in [4.69, 9.17) is 5.11 Å². The molecule has 7 heteroatoms. The monoisotopic (exact) mass is 201 g/mol. The normalized spacial score (nSPS) is 36.9. The van der Waals surface area contributed by atoms with Gasteiger partial charge in [0.15, 0.2) is 5.82 Å². The predicted molar refractivity (Wildman–Crippen MR) is 43.1 cm³/mol. The molecule has 0 radical (unpaired) electrons. The van der Waals surface area contributed by atoms with Gasteiger partial charge < -0.3 is 25.0 Å². The van der Waals surface area contributed by atoms with E-state index in [1.165, 1.54) is 10.9 Å². The first kappa shape index (κ1) is 9.53. The first-order valence-electron chi connectivity index (χ1n) is 4.21. The fraction of sp³-hybridized carbons (Fsp3) is 0.714. The van der Waals surface area contributed by atoms with E-state index in [-0.39, 0.29) is 12.4 Å². The molecule has 0 amide bonds. The Bertz CT molecular complexity index is 328. The Morgan fingerprint density at radius 3 is 2.64 bits per heavy atom. The van der Waals surface area contributed by atoms with Gasteiger partial charge in [0, 0.05) is 0 Å². The maximum atomic E-state index is 9.53. The Balaban J connectivity index is 2.44. The molecule has 4 atom stereocenters. The number of fused-ring (bicyclic) bond motifs is 1. The number of aliphatic hydroxyl groups is 4. The molecule has 1 aromatic heterocycles. The average molecular weight is 201 g/mol. The van der Waals surface area contributed by atoms with Gasteiger partial charge in [-0.2, -0.15) is 0 Å². The van der Waals surface area contributed by atoms with Crippen LogP contribution in [-0.4, -0.2) is 54.0 Å². The Labute approximate surface area is 79.3 Å². The molecule has 1 aliphatic rings. The molecule has 7 nitrogen and oxygen atoms in total. The summed E-state index contributed by atoms with van der Waals surface area (Å²) < 4.78 is 1.36. The highest BCUT2D eigenvalue weighted by Gasteiger charge is 2.41. The summed E-state index contributed by atoms with van der Waals surface area (Å²) in [5.74, 6) is 0.154. The molecule has 2 rings (SSSR count). The van der Waals surface area contributed by atoms with Crippen LogP contribution >= 0.6 is 0 Å². The molecule has 1 aromatic rings. The summed E-state index contributed by atoms with van der Waals surface area (Å²) in [5, 5.41) is 44.6. The molecular formula is C7H11N3O4. The van der Waals surface area contributed by atoms with Crippen molar-refractivity contribution in [3.63, 3.8) is 0 Å². The van der Waals surface area contributed by atoms with E-state index in [2.05, 4.69) is 10.2 Å². The highest BCUT2D eigenvalue weighted by molar-refractivity contribution is 5.05. The summed E-state index contributed by atoms with van der Waals surface area (Å²) in [6.45, 7) is -0.351. The van der Waals surface area contributed by atoms with Gasteiger partial charge in [-0.3, -0.25) is 0 Å². The second kappa shape index (κ2) is 3.28. The van der Waals surface area contributed by atoms with E-state index in [0.29, 0.717) is 0 Å². The maximum absolute atomic E-state index is 9.53. The molecule has 14 heavy (non-hydrogen) atoms. The van der Waals surface area contributed by atoms with Crippen molar-refractivity contribution in [2.75, 3.05) is 6.61 Å². The molecule has 4 N–H and O–H groups in total. The van der Waals surface area contributed by atoms with Gasteiger partial charge in [0.2, 0.25) is 0 Å². The van der Waals surface area contributed by atoms with Crippen LogP contribution < -0.4 is 0 Å². The minimum absolute atomic E-state index is 0.154. The third-order valence-electron chi connectivity index (χ3n) is 2.48. The molecule has 0 bridgehead atoms. The molecule has 0 aliphatic carbocycles. The molecule has 0 unspecified atom stereocenters. The van der Waals surface area contributed by atoms with E-state index in [0.717, 1.165) is 0 Å². The largest absolute Gasteiger partial charge is 0.394 e. The third kappa shape index (κ3) is 1.14. The van der Waals surface area contributed by atoms with Crippen molar-refractivity contribution in [1.82, 2.24) is 14.8 Å². The zero-order valence-electron chi connectivity index (χ0n) is 7.22. The van der Waals surface area contributed by atoms with Crippen LogP contribution in [-0.2, 0) is 0 Å². The van der Waals surface area contributed by atoms with E-state index >= 15 is 0 Å². The molecule has 0 aromatic carbocycles. The van der Waals surface area contributed by atoms with Gasteiger partial charge in [0.05, 0.1) is 12.6 Å². The van der Waals surface area contributed by atoms with E-state index in [1.807, 2.05) is 0 Å². The van der Waals surface area contributed by atoms with Crippen LogP contribution in [0.1, 0.15) is 18.0 Å². The van der Waals surface area contributed by atoms with Crippen LogP contribution in [0.15, 0.2) is 6.33 Å². The zero-order chi connectivity index (χ0) is 10.3. The van der Waals surface area contributed by atoms with E-state index < -0.39 is 24.4 Å². The smallest absolute Gasteiger partial charge is 0.164 e. The van der Waals surface area contributed by atoms with E-state index in [1.54, 1.807) is 0 Å². The van der Waals surface area contributed by atoms with Crippen LogP contribution in [0, 0.1) is 0 Å². The second-order valence-electron chi connectivity index (χ2n) is 3.27. The van der Waals surface area contributed by atoms with Crippen LogP contribution in [0.25, 0.3) is 0 Å². The highest BCUT2D eigenvalue weighted by atomic mass is 16.4. The summed E-state index contributed by atoms with van der Waals surface area (Å²) in [6, 6.07) is -0.710. The van der Waals surface area contributed by atoms with Crippen molar-refractivity contribution in [1.29, 1.82) is 0 Å². The first-order valence-corrected chi connectivity index (χ1v) is 4.21. The van der Waals surface area contributed by atoms with Crippen molar-refractivity contribution >= 4 is 0 Å².